The largest absolute Gasteiger partial charge is 0.356 e. The Hall–Kier alpha value is -1.00. The van der Waals surface area contributed by atoms with Crippen molar-refractivity contribution in [3.05, 3.63) is 23.0 Å². The fraction of sp³-hybridized carbons (Fsp3) is 0.500. The Kier molecular flexibility index (Phi) is 3.28. The Morgan fingerprint density at radius 3 is 2.93 bits per heavy atom. The summed E-state index contributed by atoms with van der Waals surface area (Å²) in [6.07, 6.45) is 4.12. The van der Waals surface area contributed by atoms with Gasteiger partial charge in [0.15, 0.2) is 0 Å². The highest BCUT2D eigenvalue weighted by atomic mass is 35.5. The number of rotatable bonds is 5. The average Bonchev–Trinajstić information content (AvgIpc) is 2.94. The lowest BCUT2D eigenvalue weighted by atomic mass is 10.4. The van der Waals surface area contributed by atoms with Crippen molar-refractivity contribution < 1.29 is 4.79 Å². The van der Waals surface area contributed by atoms with Crippen molar-refractivity contribution in [1.82, 2.24) is 15.6 Å². The summed E-state index contributed by atoms with van der Waals surface area (Å²) in [6.45, 7) is 1.47. The molecule has 0 aromatic carbocycles. The summed E-state index contributed by atoms with van der Waals surface area (Å²) in [5.41, 5.74) is 0.506. The molecule has 0 saturated heterocycles. The zero-order valence-electron chi connectivity index (χ0n) is 8.35. The van der Waals surface area contributed by atoms with E-state index in [1.807, 2.05) is 0 Å². The SMILES string of the molecule is O=C(NCCNC1CC1)c1cc(Cl)c[nH]1. The fourth-order valence-corrected chi connectivity index (χ4v) is 1.50. The van der Waals surface area contributed by atoms with Gasteiger partial charge in [0.05, 0.1) is 5.02 Å². The molecule has 0 spiro atoms. The number of H-pyrrole nitrogens is 1. The van der Waals surface area contributed by atoms with E-state index < -0.39 is 0 Å². The number of aromatic nitrogens is 1. The van der Waals surface area contributed by atoms with Gasteiger partial charge < -0.3 is 15.6 Å². The smallest absolute Gasteiger partial charge is 0.267 e. The molecular weight excluding hydrogens is 214 g/mol. The number of amides is 1. The third-order valence-electron chi connectivity index (χ3n) is 2.31. The van der Waals surface area contributed by atoms with Crippen LogP contribution in [0.25, 0.3) is 0 Å². The van der Waals surface area contributed by atoms with Crippen LogP contribution < -0.4 is 10.6 Å². The van der Waals surface area contributed by atoms with E-state index in [2.05, 4.69) is 15.6 Å². The summed E-state index contributed by atoms with van der Waals surface area (Å²) < 4.78 is 0. The van der Waals surface area contributed by atoms with Crippen LogP contribution >= 0.6 is 11.6 Å². The Morgan fingerprint density at radius 1 is 1.53 bits per heavy atom. The van der Waals surface area contributed by atoms with Crippen molar-refractivity contribution in [2.24, 2.45) is 0 Å². The van der Waals surface area contributed by atoms with Gasteiger partial charge in [-0.2, -0.15) is 0 Å². The summed E-state index contributed by atoms with van der Waals surface area (Å²) in [5, 5.41) is 6.67. The Labute approximate surface area is 93.4 Å². The van der Waals surface area contributed by atoms with Gasteiger partial charge in [-0.15, -0.1) is 0 Å². The molecule has 0 aliphatic heterocycles. The minimum atomic E-state index is -0.112. The van der Waals surface area contributed by atoms with Gasteiger partial charge in [-0.3, -0.25) is 4.79 Å². The van der Waals surface area contributed by atoms with E-state index in [-0.39, 0.29) is 5.91 Å². The molecule has 15 heavy (non-hydrogen) atoms. The molecule has 1 amide bonds. The first kappa shape index (κ1) is 10.5. The maximum atomic E-state index is 11.5. The summed E-state index contributed by atoms with van der Waals surface area (Å²) in [7, 11) is 0. The van der Waals surface area contributed by atoms with Crippen molar-refractivity contribution in [3.63, 3.8) is 0 Å². The standard InChI is InChI=1S/C10H14ClN3O/c11-7-5-9(14-6-7)10(15)13-4-3-12-8-1-2-8/h5-6,8,12,14H,1-4H2,(H,13,15). The van der Waals surface area contributed by atoms with E-state index in [1.54, 1.807) is 12.3 Å². The lowest BCUT2D eigenvalue weighted by molar-refractivity contribution is 0.0949. The number of hydrogen-bond donors (Lipinski definition) is 3. The van der Waals surface area contributed by atoms with Crippen molar-refractivity contribution in [1.29, 1.82) is 0 Å². The van der Waals surface area contributed by atoms with E-state index in [9.17, 15) is 4.79 Å². The second-order valence-electron chi connectivity index (χ2n) is 3.72. The molecule has 5 heteroatoms. The second-order valence-corrected chi connectivity index (χ2v) is 4.15. The average molecular weight is 228 g/mol. The molecule has 0 unspecified atom stereocenters. The summed E-state index contributed by atoms with van der Waals surface area (Å²) in [6, 6.07) is 2.30. The van der Waals surface area contributed by atoms with E-state index >= 15 is 0 Å². The minimum absolute atomic E-state index is 0.112. The van der Waals surface area contributed by atoms with Crippen LogP contribution in [0.15, 0.2) is 12.3 Å². The Balaban J connectivity index is 1.67. The molecule has 0 radical (unpaired) electrons. The number of nitrogens with one attached hydrogen (secondary N) is 3. The highest BCUT2D eigenvalue weighted by Gasteiger charge is 2.19. The third kappa shape index (κ3) is 3.25. The van der Waals surface area contributed by atoms with Crippen LogP contribution in [0.2, 0.25) is 5.02 Å². The molecular formula is C10H14ClN3O. The van der Waals surface area contributed by atoms with E-state index in [4.69, 9.17) is 11.6 Å². The predicted octanol–water partition coefficient (Wildman–Crippen LogP) is 1.15. The molecule has 1 heterocycles. The molecule has 4 nitrogen and oxygen atoms in total. The highest BCUT2D eigenvalue weighted by molar-refractivity contribution is 6.30. The Bertz CT molecular complexity index is 346. The van der Waals surface area contributed by atoms with Crippen LogP contribution in [-0.4, -0.2) is 30.0 Å². The highest BCUT2D eigenvalue weighted by Crippen LogP contribution is 2.17. The topological polar surface area (TPSA) is 56.9 Å². The van der Waals surface area contributed by atoms with Gasteiger partial charge in [-0.1, -0.05) is 11.6 Å². The fourth-order valence-electron chi connectivity index (χ4n) is 1.33. The van der Waals surface area contributed by atoms with E-state index in [0.717, 1.165) is 6.54 Å². The lowest BCUT2D eigenvalue weighted by Gasteiger charge is -2.04. The zero-order chi connectivity index (χ0) is 10.7. The van der Waals surface area contributed by atoms with E-state index in [1.165, 1.54) is 12.8 Å². The van der Waals surface area contributed by atoms with Gasteiger partial charge in [0.1, 0.15) is 5.69 Å². The molecule has 1 aliphatic rings. The molecule has 1 saturated carbocycles. The van der Waals surface area contributed by atoms with Crippen LogP contribution in [-0.2, 0) is 0 Å². The van der Waals surface area contributed by atoms with Gasteiger partial charge in [0, 0.05) is 25.3 Å². The number of aromatic amines is 1. The Morgan fingerprint density at radius 2 is 2.33 bits per heavy atom. The molecule has 3 N–H and O–H groups in total. The first-order chi connectivity index (χ1) is 7.25. The normalized spacial score (nSPS) is 15.3. The van der Waals surface area contributed by atoms with Gasteiger partial charge >= 0.3 is 0 Å². The number of carbonyl (C=O) groups excluding carboxylic acids is 1. The van der Waals surface area contributed by atoms with Crippen molar-refractivity contribution >= 4 is 17.5 Å². The van der Waals surface area contributed by atoms with Crippen molar-refractivity contribution in [2.45, 2.75) is 18.9 Å². The molecule has 2 rings (SSSR count). The second kappa shape index (κ2) is 4.68. The number of carbonyl (C=O) groups is 1. The van der Waals surface area contributed by atoms with Crippen molar-refractivity contribution in [3.8, 4) is 0 Å². The van der Waals surface area contributed by atoms with E-state index in [0.29, 0.717) is 23.3 Å². The molecule has 1 aromatic rings. The molecule has 0 bridgehead atoms. The van der Waals surface area contributed by atoms with Crippen LogP contribution in [0.1, 0.15) is 23.3 Å². The van der Waals surface area contributed by atoms with Gasteiger partial charge in [-0.05, 0) is 18.9 Å². The van der Waals surface area contributed by atoms with Gasteiger partial charge in [0.2, 0.25) is 0 Å². The number of halogens is 1. The van der Waals surface area contributed by atoms with Crippen LogP contribution in [0.4, 0.5) is 0 Å². The number of hydrogen-bond acceptors (Lipinski definition) is 2. The van der Waals surface area contributed by atoms with Crippen LogP contribution in [0.5, 0.6) is 0 Å². The maximum Gasteiger partial charge on any atom is 0.267 e. The van der Waals surface area contributed by atoms with Crippen LogP contribution in [0, 0.1) is 0 Å². The third-order valence-corrected chi connectivity index (χ3v) is 2.53. The molecule has 1 fully saturated rings. The first-order valence-electron chi connectivity index (χ1n) is 5.11. The summed E-state index contributed by atoms with van der Waals surface area (Å²) in [5.74, 6) is -0.112. The predicted molar refractivity (Wildman–Crippen MR) is 59.2 cm³/mol. The lowest BCUT2D eigenvalue weighted by Crippen LogP contribution is -2.32. The monoisotopic (exact) mass is 227 g/mol. The molecule has 1 aromatic heterocycles. The van der Waals surface area contributed by atoms with Crippen LogP contribution in [0.3, 0.4) is 0 Å². The first-order valence-corrected chi connectivity index (χ1v) is 5.49. The van der Waals surface area contributed by atoms with Gasteiger partial charge in [0.25, 0.3) is 5.91 Å². The molecule has 82 valence electrons. The summed E-state index contributed by atoms with van der Waals surface area (Å²) >= 11 is 5.69. The zero-order valence-corrected chi connectivity index (χ0v) is 9.10. The maximum absolute atomic E-state index is 11.5. The van der Waals surface area contributed by atoms with Crippen molar-refractivity contribution in [2.75, 3.05) is 13.1 Å². The summed E-state index contributed by atoms with van der Waals surface area (Å²) in [4.78, 5) is 14.3. The minimum Gasteiger partial charge on any atom is -0.356 e. The van der Waals surface area contributed by atoms with Gasteiger partial charge in [-0.25, -0.2) is 0 Å². The quantitative estimate of drug-likeness (QED) is 0.661. The molecule has 1 aliphatic carbocycles. The molecule has 0 atom stereocenters.